The maximum absolute atomic E-state index is 11.8. The Morgan fingerprint density at radius 1 is 1.35 bits per heavy atom. The van der Waals surface area contributed by atoms with Crippen LogP contribution in [0.25, 0.3) is 0 Å². The number of anilines is 1. The molecule has 3 heteroatoms. The lowest BCUT2D eigenvalue weighted by Gasteiger charge is -2.31. The molecule has 1 aromatic rings. The first-order chi connectivity index (χ1) is 8.24. The number of nitrogens with zero attached hydrogens (tertiary/aromatic N) is 1. The van der Waals surface area contributed by atoms with Gasteiger partial charge in [0.2, 0.25) is 5.91 Å². The van der Waals surface area contributed by atoms with E-state index in [1.807, 2.05) is 18.9 Å². The Morgan fingerprint density at radius 3 is 2.59 bits per heavy atom. The van der Waals surface area contributed by atoms with Crippen molar-refractivity contribution in [1.29, 1.82) is 0 Å². The van der Waals surface area contributed by atoms with Crippen LogP contribution in [-0.2, 0) is 4.79 Å². The molecule has 1 aliphatic rings. The van der Waals surface area contributed by atoms with Gasteiger partial charge in [-0.3, -0.25) is 4.79 Å². The largest absolute Gasteiger partial charge is 0.388 e. The number of amides is 1. The number of carbonyl (C=O) groups is 1. The Balaban J connectivity index is 2.05. The van der Waals surface area contributed by atoms with Crippen molar-refractivity contribution in [2.45, 2.75) is 25.7 Å². The van der Waals surface area contributed by atoms with Crippen LogP contribution in [0.1, 0.15) is 31.2 Å². The van der Waals surface area contributed by atoms with E-state index < -0.39 is 0 Å². The van der Waals surface area contributed by atoms with E-state index in [4.69, 9.17) is 0 Å². The molecule has 1 amide bonds. The zero-order valence-corrected chi connectivity index (χ0v) is 10.6. The van der Waals surface area contributed by atoms with Crippen LogP contribution in [0.4, 0.5) is 5.69 Å². The first-order valence-electron chi connectivity index (χ1n) is 6.30. The Labute approximate surface area is 103 Å². The molecule has 92 valence electrons. The van der Waals surface area contributed by atoms with Crippen LogP contribution in [0.15, 0.2) is 24.3 Å². The Bertz CT molecular complexity index is 386. The molecule has 0 spiro atoms. The molecule has 0 saturated carbocycles. The van der Waals surface area contributed by atoms with Crippen LogP contribution in [0.5, 0.6) is 0 Å². The van der Waals surface area contributed by atoms with Crippen molar-refractivity contribution in [2.24, 2.45) is 0 Å². The van der Waals surface area contributed by atoms with Gasteiger partial charge < -0.3 is 10.2 Å². The molecule has 0 aliphatic carbocycles. The van der Waals surface area contributed by atoms with Crippen molar-refractivity contribution in [1.82, 2.24) is 4.90 Å². The summed E-state index contributed by atoms with van der Waals surface area (Å²) < 4.78 is 0. The fraction of sp³-hybridized carbons (Fsp3) is 0.500. The second-order valence-corrected chi connectivity index (χ2v) is 4.54. The van der Waals surface area contributed by atoms with Gasteiger partial charge in [0, 0.05) is 32.2 Å². The normalized spacial score (nSPS) is 20.5. The zero-order valence-electron chi connectivity index (χ0n) is 10.6. The molecule has 0 radical (unpaired) electrons. The first-order valence-corrected chi connectivity index (χ1v) is 6.30. The molecule has 3 nitrogen and oxygen atoms in total. The van der Waals surface area contributed by atoms with Gasteiger partial charge in [0.1, 0.15) is 0 Å². The summed E-state index contributed by atoms with van der Waals surface area (Å²) >= 11 is 0. The van der Waals surface area contributed by atoms with Crippen molar-refractivity contribution in [3.8, 4) is 0 Å². The van der Waals surface area contributed by atoms with Gasteiger partial charge in [0.15, 0.2) is 0 Å². The van der Waals surface area contributed by atoms with Gasteiger partial charge in [0.05, 0.1) is 0 Å². The third-order valence-corrected chi connectivity index (χ3v) is 3.57. The van der Waals surface area contributed by atoms with Gasteiger partial charge >= 0.3 is 0 Å². The highest BCUT2D eigenvalue weighted by Gasteiger charge is 2.25. The minimum atomic E-state index is 0.293. The number of benzene rings is 1. The van der Waals surface area contributed by atoms with Crippen LogP contribution in [0.2, 0.25) is 0 Å². The van der Waals surface area contributed by atoms with Gasteiger partial charge in [-0.05, 0) is 37.0 Å². The number of hydrogen-bond acceptors (Lipinski definition) is 2. The molecule has 1 saturated heterocycles. The van der Waals surface area contributed by atoms with Crippen molar-refractivity contribution in [3.05, 3.63) is 29.8 Å². The molecule has 0 aromatic heterocycles. The zero-order chi connectivity index (χ0) is 12.3. The highest BCUT2D eigenvalue weighted by molar-refractivity contribution is 5.78. The second-order valence-electron chi connectivity index (χ2n) is 4.54. The molecule has 1 heterocycles. The third kappa shape index (κ3) is 2.60. The molecule has 2 rings (SSSR count). The molecule has 17 heavy (non-hydrogen) atoms. The summed E-state index contributed by atoms with van der Waals surface area (Å²) in [6.45, 7) is 3.78. The molecule has 1 aliphatic heterocycles. The molecule has 0 bridgehead atoms. The number of nitrogens with one attached hydrogen (secondary N) is 1. The Kier molecular flexibility index (Phi) is 3.67. The van der Waals surface area contributed by atoms with Gasteiger partial charge in [-0.25, -0.2) is 0 Å². The van der Waals surface area contributed by atoms with E-state index in [1.165, 1.54) is 5.56 Å². The van der Waals surface area contributed by atoms with Crippen molar-refractivity contribution in [2.75, 3.05) is 25.5 Å². The smallest absolute Gasteiger partial charge is 0.223 e. The Morgan fingerprint density at radius 2 is 2.06 bits per heavy atom. The first kappa shape index (κ1) is 12.0. The van der Waals surface area contributed by atoms with Gasteiger partial charge in [-0.2, -0.15) is 0 Å². The van der Waals surface area contributed by atoms with Gasteiger partial charge in [-0.1, -0.05) is 12.1 Å². The molecular weight excluding hydrogens is 212 g/mol. The molecule has 1 N–H and O–H groups in total. The molecule has 1 fully saturated rings. The standard InChI is InChI=1S/C14H20N2O/c1-3-16-9-8-12(10-14(16)17)11-4-6-13(15-2)7-5-11/h4-7,12,15H,3,8-10H2,1-2H3. The van der Waals surface area contributed by atoms with Crippen LogP contribution in [0.3, 0.4) is 0 Å². The number of rotatable bonds is 3. The average Bonchev–Trinajstić information content (AvgIpc) is 2.39. The lowest BCUT2D eigenvalue weighted by molar-refractivity contribution is -0.133. The second kappa shape index (κ2) is 5.21. The number of likely N-dealkylation sites (tertiary alicyclic amines) is 1. The van der Waals surface area contributed by atoms with Crippen LogP contribution in [-0.4, -0.2) is 30.9 Å². The molecular formula is C14H20N2O. The summed E-state index contributed by atoms with van der Waals surface area (Å²) in [5, 5.41) is 3.11. The summed E-state index contributed by atoms with van der Waals surface area (Å²) in [6, 6.07) is 8.41. The molecule has 1 atom stereocenters. The minimum Gasteiger partial charge on any atom is -0.388 e. The van der Waals surface area contributed by atoms with E-state index in [1.54, 1.807) is 0 Å². The number of piperidine rings is 1. The van der Waals surface area contributed by atoms with Crippen molar-refractivity contribution >= 4 is 11.6 Å². The summed E-state index contributed by atoms with van der Waals surface area (Å²) in [4.78, 5) is 13.8. The topological polar surface area (TPSA) is 32.3 Å². The van der Waals surface area contributed by atoms with Gasteiger partial charge in [-0.15, -0.1) is 0 Å². The summed E-state index contributed by atoms with van der Waals surface area (Å²) in [6.07, 6.45) is 1.74. The van der Waals surface area contributed by atoms with E-state index in [-0.39, 0.29) is 0 Å². The van der Waals surface area contributed by atoms with Crippen LogP contribution in [0, 0.1) is 0 Å². The highest BCUT2D eigenvalue weighted by Crippen LogP contribution is 2.29. The highest BCUT2D eigenvalue weighted by atomic mass is 16.2. The summed E-state index contributed by atoms with van der Waals surface area (Å²) in [5.41, 5.74) is 2.40. The fourth-order valence-corrected chi connectivity index (χ4v) is 2.42. The number of carbonyl (C=O) groups excluding carboxylic acids is 1. The van der Waals surface area contributed by atoms with E-state index >= 15 is 0 Å². The predicted octanol–water partition coefficient (Wildman–Crippen LogP) is 2.45. The van der Waals surface area contributed by atoms with E-state index in [0.717, 1.165) is 25.2 Å². The fourth-order valence-electron chi connectivity index (χ4n) is 2.42. The average molecular weight is 232 g/mol. The quantitative estimate of drug-likeness (QED) is 0.868. The maximum Gasteiger partial charge on any atom is 0.223 e. The molecule has 1 aromatic carbocycles. The van der Waals surface area contributed by atoms with E-state index in [2.05, 4.69) is 29.6 Å². The summed E-state index contributed by atoms with van der Waals surface area (Å²) in [7, 11) is 1.91. The van der Waals surface area contributed by atoms with E-state index in [0.29, 0.717) is 18.2 Å². The van der Waals surface area contributed by atoms with E-state index in [9.17, 15) is 4.79 Å². The monoisotopic (exact) mass is 232 g/mol. The lowest BCUT2D eigenvalue weighted by Crippen LogP contribution is -2.37. The van der Waals surface area contributed by atoms with Gasteiger partial charge in [0.25, 0.3) is 0 Å². The molecule has 1 unspecified atom stereocenters. The third-order valence-electron chi connectivity index (χ3n) is 3.57. The maximum atomic E-state index is 11.8. The minimum absolute atomic E-state index is 0.293. The van der Waals surface area contributed by atoms with Crippen LogP contribution < -0.4 is 5.32 Å². The number of hydrogen-bond donors (Lipinski definition) is 1. The van der Waals surface area contributed by atoms with Crippen LogP contribution >= 0.6 is 0 Å². The summed E-state index contributed by atoms with van der Waals surface area (Å²) in [5.74, 6) is 0.692. The van der Waals surface area contributed by atoms with Crippen molar-refractivity contribution < 1.29 is 4.79 Å². The Hall–Kier alpha value is -1.51. The predicted molar refractivity (Wildman–Crippen MR) is 70.2 cm³/mol. The SMILES string of the molecule is CCN1CCC(c2ccc(NC)cc2)CC1=O. The lowest BCUT2D eigenvalue weighted by atomic mass is 9.89. The van der Waals surface area contributed by atoms with Crippen molar-refractivity contribution in [3.63, 3.8) is 0 Å².